The maximum Gasteiger partial charge on any atom is 0.490 e. The third kappa shape index (κ3) is 15.0. The van der Waals surface area contributed by atoms with Gasteiger partial charge < -0.3 is 24.8 Å². The lowest BCUT2D eigenvalue weighted by atomic mass is 10.1. The van der Waals surface area contributed by atoms with E-state index >= 15 is 0 Å². The Labute approximate surface area is 248 Å². The summed E-state index contributed by atoms with van der Waals surface area (Å²) in [5, 5.41) is 21.4. The van der Waals surface area contributed by atoms with E-state index < -0.39 is 36.4 Å². The first-order valence-electron chi connectivity index (χ1n) is 12.4. The smallest absolute Gasteiger partial charge is 0.475 e. The minimum Gasteiger partial charge on any atom is -0.475 e. The van der Waals surface area contributed by atoms with Gasteiger partial charge in [0.15, 0.2) is 0 Å². The second kappa shape index (κ2) is 17.4. The highest BCUT2D eigenvalue weighted by Crippen LogP contribution is 2.33. The number of carboxylic acid groups (broad SMARTS) is 3. The predicted octanol–water partition coefficient (Wildman–Crippen LogP) is 4.33. The van der Waals surface area contributed by atoms with Crippen molar-refractivity contribution in [1.82, 2.24) is 14.9 Å². The second-order valence-electron chi connectivity index (χ2n) is 8.89. The molecule has 2 aliphatic rings. The molecule has 0 bridgehead atoms. The van der Waals surface area contributed by atoms with Gasteiger partial charge in [-0.2, -0.15) is 39.5 Å². The highest BCUT2D eigenvalue weighted by Gasteiger charge is 2.43. The van der Waals surface area contributed by atoms with Crippen LogP contribution < -0.4 is 0 Å². The topological polar surface area (TPSA) is 159 Å². The second-order valence-corrected chi connectivity index (χ2v) is 8.89. The number of carbonyl (C=O) groups is 3. The molecule has 20 heteroatoms. The summed E-state index contributed by atoms with van der Waals surface area (Å²) in [4.78, 5) is 37.7. The molecule has 11 nitrogen and oxygen atoms in total. The van der Waals surface area contributed by atoms with E-state index in [4.69, 9.17) is 39.2 Å². The lowest BCUT2D eigenvalue weighted by Crippen LogP contribution is -2.51. The van der Waals surface area contributed by atoms with Crippen molar-refractivity contribution in [2.24, 2.45) is 0 Å². The Hall–Kier alpha value is -4.04. The highest BCUT2D eigenvalue weighted by molar-refractivity contribution is 5.73. The van der Waals surface area contributed by atoms with Gasteiger partial charge in [-0.15, -0.1) is 0 Å². The molecule has 252 valence electrons. The summed E-state index contributed by atoms with van der Waals surface area (Å²) in [6, 6.07) is 10.5. The van der Waals surface area contributed by atoms with Gasteiger partial charge in [-0.3, -0.25) is 14.9 Å². The quantitative estimate of drug-likeness (QED) is 0.390. The van der Waals surface area contributed by atoms with Crippen molar-refractivity contribution in [3.8, 4) is 0 Å². The van der Waals surface area contributed by atoms with Crippen LogP contribution in [0.4, 0.5) is 39.5 Å². The number of hydrogen-bond donors (Lipinski definition) is 3. The molecule has 3 heterocycles. The minimum atomic E-state index is -5.08. The van der Waals surface area contributed by atoms with E-state index in [0.717, 1.165) is 43.8 Å². The van der Waals surface area contributed by atoms with E-state index in [1.54, 1.807) is 0 Å². The normalized spacial score (nSPS) is 19.7. The SMILES string of the molecule is O=C(O)C(F)(F)F.O=C(O)C(F)(F)F.O=C(O)C(F)(F)F.c1ccc(CN2CCO[C@H]3[C@@H](OCc4ccncc4)CC[C@@H]32)nc1. The lowest BCUT2D eigenvalue weighted by molar-refractivity contribution is -0.193. The van der Waals surface area contributed by atoms with Gasteiger partial charge in [0.2, 0.25) is 0 Å². The van der Waals surface area contributed by atoms with Gasteiger partial charge in [0, 0.05) is 37.7 Å². The minimum absolute atomic E-state index is 0.171. The number of aliphatic carboxylic acids is 3. The van der Waals surface area contributed by atoms with Gasteiger partial charge in [0.25, 0.3) is 0 Å². The zero-order valence-corrected chi connectivity index (χ0v) is 22.7. The van der Waals surface area contributed by atoms with Crippen LogP contribution in [-0.4, -0.2) is 98.0 Å². The first kappa shape index (κ1) is 39.0. The molecule has 0 unspecified atom stereocenters. The standard InChI is InChI=1S/C19H23N3O2.3C2HF3O2/c1-2-8-21-16(3-1)13-22-11-12-23-19-17(22)4-5-18(19)24-14-15-6-9-20-10-7-15;3*3-2(4,5)1(6)7/h1-3,6-10,17-19H,4-5,11-14H2;3*(H,6,7)/t17-,18-,19+;;;/m0.../s1. The van der Waals surface area contributed by atoms with E-state index in [1.807, 2.05) is 36.8 Å². The lowest BCUT2D eigenvalue weighted by Gasteiger charge is -2.38. The third-order valence-corrected chi connectivity index (χ3v) is 5.68. The molecule has 3 N–H and O–H groups in total. The van der Waals surface area contributed by atoms with Crippen LogP contribution in [-0.2, 0) is 37.0 Å². The Morgan fingerprint density at radius 2 is 1.33 bits per heavy atom. The number of halogens is 9. The van der Waals surface area contributed by atoms with Crippen LogP contribution in [0, 0.1) is 0 Å². The number of rotatable bonds is 5. The first-order chi connectivity index (χ1) is 20.7. The molecule has 2 fully saturated rings. The molecule has 45 heavy (non-hydrogen) atoms. The summed E-state index contributed by atoms with van der Waals surface area (Å²) >= 11 is 0. The Morgan fingerprint density at radius 1 is 0.822 bits per heavy atom. The Bertz CT molecular complexity index is 1140. The van der Waals surface area contributed by atoms with E-state index in [-0.39, 0.29) is 12.2 Å². The first-order valence-corrected chi connectivity index (χ1v) is 12.4. The molecule has 0 aromatic carbocycles. The highest BCUT2D eigenvalue weighted by atomic mass is 19.4. The number of ether oxygens (including phenoxy) is 2. The summed E-state index contributed by atoms with van der Waals surface area (Å²) in [5.74, 6) is -8.27. The van der Waals surface area contributed by atoms with Gasteiger partial charge in [0.1, 0.15) is 0 Å². The number of alkyl halides is 9. The zero-order valence-electron chi connectivity index (χ0n) is 22.7. The van der Waals surface area contributed by atoms with Crippen LogP contribution in [0.1, 0.15) is 24.1 Å². The van der Waals surface area contributed by atoms with Gasteiger partial charge in [-0.25, -0.2) is 14.4 Å². The molecular formula is C25H26F9N3O8. The van der Waals surface area contributed by atoms with Crippen LogP contribution in [0.2, 0.25) is 0 Å². The summed E-state index contributed by atoms with van der Waals surface area (Å²) in [6.07, 6.45) is -7.25. The van der Waals surface area contributed by atoms with Gasteiger partial charge in [-0.1, -0.05) is 6.07 Å². The van der Waals surface area contributed by atoms with Crippen molar-refractivity contribution in [3.05, 3.63) is 60.2 Å². The van der Waals surface area contributed by atoms with Crippen LogP contribution in [0.5, 0.6) is 0 Å². The van der Waals surface area contributed by atoms with Crippen molar-refractivity contribution in [2.45, 2.75) is 62.8 Å². The average Bonchev–Trinajstić information content (AvgIpc) is 3.37. The molecule has 1 saturated heterocycles. The number of carboxylic acids is 3. The fraction of sp³-hybridized carbons (Fsp3) is 0.480. The van der Waals surface area contributed by atoms with E-state index in [2.05, 4.69) is 27.0 Å². The van der Waals surface area contributed by atoms with Crippen LogP contribution in [0.25, 0.3) is 0 Å². The monoisotopic (exact) mass is 667 g/mol. The van der Waals surface area contributed by atoms with Gasteiger partial charge in [-0.05, 0) is 42.7 Å². The fourth-order valence-corrected chi connectivity index (χ4v) is 3.75. The van der Waals surface area contributed by atoms with Crippen LogP contribution in [0.3, 0.4) is 0 Å². The van der Waals surface area contributed by atoms with Crippen molar-refractivity contribution in [3.63, 3.8) is 0 Å². The van der Waals surface area contributed by atoms with Crippen molar-refractivity contribution < 1.29 is 78.7 Å². The molecule has 1 saturated carbocycles. The molecule has 0 radical (unpaired) electrons. The van der Waals surface area contributed by atoms with Crippen LogP contribution >= 0.6 is 0 Å². The molecular weight excluding hydrogens is 641 g/mol. The number of hydrogen-bond acceptors (Lipinski definition) is 8. The summed E-state index contributed by atoms with van der Waals surface area (Å²) < 4.78 is 107. The average molecular weight is 667 g/mol. The van der Waals surface area contributed by atoms with Crippen molar-refractivity contribution in [1.29, 1.82) is 0 Å². The molecule has 1 aliphatic carbocycles. The van der Waals surface area contributed by atoms with Gasteiger partial charge >= 0.3 is 36.4 Å². The summed E-state index contributed by atoms with van der Waals surface area (Å²) in [7, 11) is 0. The summed E-state index contributed by atoms with van der Waals surface area (Å²) in [5.41, 5.74) is 2.29. The zero-order chi connectivity index (χ0) is 34.4. The van der Waals surface area contributed by atoms with E-state index in [0.29, 0.717) is 12.6 Å². The molecule has 0 spiro atoms. The van der Waals surface area contributed by atoms with Crippen LogP contribution in [0.15, 0.2) is 48.9 Å². The fourth-order valence-electron chi connectivity index (χ4n) is 3.75. The number of morpholine rings is 1. The molecule has 4 rings (SSSR count). The number of pyridine rings is 2. The number of aromatic nitrogens is 2. The Morgan fingerprint density at radius 3 is 1.78 bits per heavy atom. The molecule has 1 aliphatic heterocycles. The predicted molar refractivity (Wildman–Crippen MR) is 131 cm³/mol. The third-order valence-electron chi connectivity index (χ3n) is 5.68. The molecule has 2 aromatic heterocycles. The van der Waals surface area contributed by atoms with Crippen molar-refractivity contribution >= 4 is 17.9 Å². The largest absolute Gasteiger partial charge is 0.490 e. The molecule has 3 atom stereocenters. The summed E-state index contributed by atoms with van der Waals surface area (Å²) in [6.45, 7) is 3.25. The van der Waals surface area contributed by atoms with E-state index in [9.17, 15) is 39.5 Å². The molecule has 0 amide bonds. The van der Waals surface area contributed by atoms with Gasteiger partial charge in [0.05, 0.1) is 31.1 Å². The Kier molecular flexibility index (Phi) is 15.1. The maximum atomic E-state index is 10.6. The number of nitrogens with zero attached hydrogens (tertiary/aromatic N) is 3. The maximum absolute atomic E-state index is 10.6. The number of fused-ring (bicyclic) bond motifs is 1. The van der Waals surface area contributed by atoms with Crippen molar-refractivity contribution in [2.75, 3.05) is 13.2 Å². The van der Waals surface area contributed by atoms with E-state index in [1.165, 1.54) is 0 Å². The molecule has 2 aromatic rings. The Balaban J connectivity index is 0.000000396.